The summed E-state index contributed by atoms with van der Waals surface area (Å²) >= 11 is 7.01. The molecule has 3 aliphatic rings. The van der Waals surface area contributed by atoms with Gasteiger partial charge in [-0.15, -0.1) is 0 Å². The number of hydrogen-bond donors (Lipinski definition) is 4. The summed E-state index contributed by atoms with van der Waals surface area (Å²) in [7, 11) is 4.17. The highest BCUT2D eigenvalue weighted by molar-refractivity contribution is 6.36. The summed E-state index contributed by atoms with van der Waals surface area (Å²) in [4.78, 5) is 44.9. The van der Waals surface area contributed by atoms with Gasteiger partial charge >= 0.3 is 17.9 Å². The fraction of sp³-hybridized carbons (Fsp3) is 0.342. The van der Waals surface area contributed by atoms with E-state index in [1.807, 2.05) is 30.3 Å². The maximum absolute atomic E-state index is 13.9. The number of methoxy groups -OCH3 is 1. The predicted molar refractivity (Wildman–Crippen MR) is 201 cm³/mol. The average Bonchev–Trinajstić information content (AvgIpc) is 3.91. The number of amides is 2. The van der Waals surface area contributed by atoms with Crippen molar-refractivity contribution in [2.45, 2.75) is 44.3 Å². The number of alkyl halides is 3. The van der Waals surface area contributed by atoms with Crippen molar-refractivity contribution in [3.05, 3.63) is 96.8 Å². The minimum Gasteiger partial charge on any atom is -0.481 e. The lowest BCUT2D eigenvalue weighted by Gasteiger charge is -2.18. The number of carbonyl (C=O) groups is 1. The maximum Gasteiger partial charge on any atom is 0.433 e. The second kappa shape index (κ2) is 14.1. The van der Waals surface area contributed by atoms with Gasteiger partial charge in [-0.3, -0.25) is 13.9 Å². The Balaban J connectivity index is 0.000000386. The molecule has 5 aromatic rings. The van der Waals surface area contributed by atoms with Gasteiger partial charge in [-0.05, 0) is 74.0 Å². The second-order valence-electron chi connectivity index (χ2n) is 13.7. The number of fused-ring (bicyclic) bond motifs is 2. The van der Waals surface area contributed by atoms with E-state index in [9.17, 15) is 27.6 Å². The summed E-state index contributed by atoms with van der Waals surface area (Å²) in [5.41, 5.74) is 3.24. The van der Waals surface area contributed by atoms with E-state index in [1.54, 1.807) is 26.2 Å². The lowest BCUT2D eigenvalue weighted by Crippen LogP contribution is -2.45. The second-order valence-corrected chi connectivity index (χ2v) is 14.1. The van der Waals surface area contributed by atoms with Crippen molar-refractivity contribution in [1.29, 1.82) is 0 Å². The highest BCUT2D eigenvalue weighted by Crippen LogP contribution is 2.41. The molecule has 0 saturated carbocycles. The number of aromatic nitrogens is 4. The first-order valence-corrected chi connectivity index (χ1v) is 17.8. The van der Waals surface area contributed by atoms with Crippen LogP contribution in [0.25, 0.3) is 33.3 Å². The normalized spacial score (nSPS) is 17.6. The van der Waals surface area contributed by atoms with E-state index in [0.29, 0.717) is 50.6 Å². The number of nitrogens with zero attached hydrogens (tertiary/aromatic N) is 4. The van der Waals surface area contributed by atoms with Crippen molar-refractivity contribution in [3.63, 3.8) is 0 Å². The molecule has 12 nitrogen and oxygen atoms in total. The Morgan fingerprint density at radius 3 is 2.39 bits per heavy atom. The van der Waals surface area contributed by atoms with Crippen LogP contribution in [0.4, 0.5) is 29.5 Å². The Morgan fingerprint density at radius 1 is 0.963 bits per heavy atom. The van der Waals surface area contributed by atoms with Gasteiger partial charge in [0.05, 0.1) is 28.9 Å². The molecule has 4 N–H and O–H groups in total. The quantitative estimate of drug-likeness (QED) is 0.181. The molecule has 0 bridgehead atoms. The number of pyridine rings is 2. The summed E-state index contributed by atoms with van der Waals surface area (Å²) in [6, 6.07) is 13.6. The molecule has 0 radical (unpaired) electrons. The van der Waals surface area contributed by atoms with E-state index >= 15 is 0 Å². The van der Waals surface area contributed by atoms with E-state index < -0.39 is 23.1 Å². The molecule has 2 fully saturated rings. The van der Waals surface area contributed by atoms with Crippen LogP contribution < -0.4 is 37.3 Å². The molecule has 282 valence electrons. The third kappa shape index (κ3) is 6.66. The van der Waals surface area contributed by atoms with E-state index in [-0.39, 0.29) is 28.3 Å². The molecule has 1 unspecified atom stereocenters. The van der Waals surface area contributed by atoms with E-state index in [2.05, 4.69) is 26.3 Å². The number of rotatable bonds is 5. The predicted octanol–water partition coefficient (Wildman–Crippen LogP) is 5.61. The highest BCUT2D eigenvalue weighted by Gasteiger charge is 2.40. The molecule has 5 heterocycles. The lowest BCUT2D eigenvalue weighted by molar-refractivity contribution is -0.141. The summed E-state index contributed by atoms with van der Waals surface area (Å²) < 4.78 is 49.0. The highest BCUT2D eigenvalue weighted by atomic mass is 35.5. The third-order valence-corrected chi connectivity index (χ3v) is 10.8. The van der Waals surface area contributed by atoms with Gasteiger partial charge in [0.2, 0.25) is 5.88 Å². The first-order chi connectivity index (χ1) is 25.7. The van der Waals surface area contributed by atoms with Crippen LogP contribution in [0.1, 0.15) is 35.2 Å². The fourth-order valence-electron chi connectivity index (χ4n) is 7.39. The first kappa shape index (κ1) is 36.9. The van der Waals surface area contributed by atoms with Gasteiger partial charge in [-0.2, -0.15) is 13.2 Å². The summed E-state index contributed by atoms with van der Waals surface area (Å²) in [6.07, 6.45) is -0.896. The number of halogens is 4. The molecule has 2 aromatic carbocycles. The zero-order valence-corrected chi connectivity index (χ0v) is 30.8. The number of urea groups is 1. The molecular weight excluding hydrogens is 725 g/mol. The molecular formula is C38H38ClF3N8O4. The van der Waals surface area contributed by atoms with E-state index in [1.165, 1.54) is 19.7 Å². The number of aryl methyl sites for hydroxylation is 2. The molecule has 8 rings (SSSR count). The first-order valence-electron chi connectivity index (χ1n) is 17.4. The smallest absolute Gasteiger partial charge is 0.433 e. The monoisotopic (exact) mass is 762 g/mol. The molecule has 1 aliphatic carbocycles. The van der Waals surface area contributed by atoms with Crippen LogP contribution in [0.15, 0.2) is 58.1 Å². The summed E-state index contributed by atoms with van der Waals surface area (Å²) in [5.74, 6) is 0.267. The largest absolute Gasteiger partial charge is 0.481 e. The van der Waals surface area contributed by atoms with Crippen LogP contribution in [0.3, 0.4) is 0 Å². The zero-order chi connectivity index (χ0) is 38.5. The number of ether oxygens (including phenoxy) is 1. The number of nitrogens with one attached hydrogen (secondary N) is 4. The minimum atomic E-state index is -4.82. The van der Waals surface area contributed by atoms with Crippen LogP contribution in [-0.2, 0) is 33.1 Å². The average molecular weight is 763 g/mol. The van der Waals surface area contributed by atoms with Crippen molar-refractivity contribution in [1.82, 2.24) is 35.1 Å². The van der Waals surface area contributed by atoms with E-state index in [0.717, 1.165) is 60.0 Å². The Kier molecular flexibility index (Phi) is 9.64. The van der Waals surface area contributed by atoms with Gasteiger partial charge in [0.15, 0.2) is 0 Å². The van der Waals surface area contributed by atoms with Gasteiger partial charge in [0.1, 0.15) is 16.9 Å². The van der Waals surface area contributed by atoms with Gasteiger partial charge in [-0.25, -0.2) is 19.6 Å². The summed E-state index contributed by atoms with van der Waals surface area (Å²) in [5, 5.41) is 12.2. The zero-order valence-electron chi connectivity index (χ0n) is 30.0. The van der Waals surface area contributed by atoms with Crippen LogP contribution in [0, 0.1) is 6.92 Å². The molecule has 16 heteroatoms. The fourth-order valence-corrected chi connectivity index (χ4v) is 7.71. The third-order valence-electron chi connectivity index (χ3n) is 10.3. The van der Waals surface area contributed by atoms with Gasteiger partial charge in [0.25, 0.3) is 5.56 Å². The van der Waals surface area contributed by atoms with Crippen LogP contribution >= 0.6 is 11.6 Å². The van der Waals surface area contributed by atoms with Gasteiger partial charge in [-0.1, -0.05) is 41.9 Å². The Bertz CT molecular complexity index is 2440. The lowest BCUT2D eigenvalue weighted by atomic mass is 9.96. The minimum absolute atomic E-state index is 0.0244. The molecule has 54 heavy (non-hydrogen) atoms. The van der Waals surface area contributed by atoms with Crippen molar-refractivity contribution < 1.29 is 22.7 Å². The standard InChI is InChI=1S/C32H27ClF3N5O3.C6H11N3O/c1-16-18(20-11-6-12-21(27(20)33)23-14-17-8-5-10-19(17)29(38-23)44-4)9-7-13-22(16)37-28-26-24(15-25(39-28)32(34,35)36)40(2)31(43)41(3)30(26)42;10-5-8-4-6(9-5)1-2-7-3-6/h6-7,9,11-15H,5,8,10H2,1-4H3,(H,37,39);7H,1-4H2,(H2,8,9,10). The van der Waals surface area contributed by atoms with Gasteiger partial charge < -0.3 is 26.0 Å². The molecule has 2 aliphatic heterocycles. The van der Waals surface area contributed by atoms with Crippen molar-refractivity contribution >= 4 is 40.0 Å². The number of hydrogen-bond acceptors (Lipinski definition) is 8. The van der Waals surface area contributed by atoms with Crippen LogP contribution in [0.5, 0.6) is 5.88 Å². The number of anilines is 2. The van der Waals surface area contributed by atoms with Crippen molar-refractivity contribution in [3.8, 4) is 28.3 Å². The van der Waals surface area contributed by atoms with Crippen molar-refractivity contribution in [2.24, 2.45) is 14.1 Å². The molecule has 2 amide bonds. The van der Waals surface area contributed by atoms with Crippen molar-refractivity contribution in [2.75, 3.05) is 32.1 Å². The molecule has 2 saturated heterocycles. The van der Waals surface area contributed by atoms with Crippen LogP contribution in [-0.4, -0.2) is 57.4 Å². The topological polar surface area (TPSA) is 144 Å². The molecule has 3 aromatic heterocycles. The van der Waals surface area contributed by atoms with Gasteiger partial charge in [0, 0.05) is 49.6 Å². The SMILES string of the molecule is COc1nc(-c2cccc(-c3cccc(Nc4nc(C(F)(F)F)cc5c4c(=O)n(C)c(=O)n5C)c3C)c2Cl)cc2c1CCC2.O=C1NCC2(CCNC2)N1. The molecule has 1 atom stereocenters. The number of benzene rings is 2. The Morgan fingerprint density at radius 2 is 1.70 bits per heavy atom. The maximum atomic E-state index is 13.9. The molecule has 1 spiro atoms. The summed E-state index contributed by atoms with van der Waals surface area (Å²) in [6.45, 7) is 4.49. The van der Waals surface area contributed by atoms with Crippen LogP contribution in [0.2, 0.25) is 5.02 Å². The number of carbonyl (C=O) groups excluding carboxylic acids is 1. The van der Waals surface area contributed by atoms with E-state index in [4.69, 9.17) is 21.3 Å². The Hall–Kier alpha value is -5.41. The Labute approximate surface area is 312 Å².